The maximum absolute atomic E-state index is 13.8. The van der Waals surface area contributed by atoms with Crippen LogP contribution in [0.1, 0.15) is 41.9 Å². The third-order valence-corrected chi connectivity index (χ3v) is 13.9. The van der Waals surface area contributed by atoms with E-state index in [9.17, 15) is 4.39 Å². The molecule has 0 aliphatic carbocycles. The summed E-state index contributed by atoms with van der Waals surface area (Å²) in [6, 6.07) is 42.9. The third kappa shape index (κ3) is 7.79. The van der Waals surface area contributed by atoms with Crippen LogP contribution in [0.5, 0.6) is 0 Å². The van der Waals surface area contributed by atoms with Crippen molar-refractivity contribution in [3.05, 3.63) is 156 Å². The molecule has 0 fully saturated rings. The first-order chi connectivity index (χ1) is 27.5. The summed E-state index contributed by atoms with van der Waals surface area (Å²) in [6.45, 7) is 2.30. The molecule has 8 heteroatoms. The Morgan fingerprint density at radius 1 is 0.873 bits per heavy atom. The number of imidazole rings is 1. The molecule has 0 bridgehead atoms. The fraction of sp³-hybridized carbons (Fsp3) is 0.170. The number of aromatic nitrogens is 4. The molecule has 0 saturated carbocycles. The van der Waals surface area contributed by atoms with Gasteiger partial charge in [-0.1, -0.05) is 65.5 Å². The second kappa shape index (κ2) is 15.7. The number of rotatable bonds is 6. The van der Waals surface area contributed by atoms with Gasteiger partial charge in [-0.3, -0.25) is 4.98 Å². The average Bonchev–Trinajstić information content (AvgIpc) is 3.73. The number of nitrogens with zero attached hydrogens (tertiary/aromatic N) is 4. The number of fused-ring (bicyclic) bond motifs is 5. The van der Waals surface area contributed by atoms with E-state index in [0.29, 0.717) is 12.1 Å². The number of hydrogen-bond acceptors (Lipinski definition) is 4. The number of aryl methyl sites for hydroxylation is 1. The molecule has 5 nitrogen and oxygen atoms in total. The van der Waals surface area contributed by atoms with Crippen molar-refractivity contribution in [2.75, 3.05) is 0 Å². The van der Waals surface area contributed by atoms with Gasteiger partial charge in [-0.25, -0.2) is 0 Å². The van der Waals surface area contributed by atoms with Gasteiger partial charge in [-0.15, -0.1) is 18.2 Å². The van der Waals surface area contributed by atoms with Gasteiger partial charge in [0.05, 0.1) is 22.4 Å². The van der Waals surface area contributed by atoms with Crippen molar-refractivity contribution in [1.82, 2.24) is 19.5 Å². The molecule has 0 aliphatic rings. The first-order valence-corrected chi connectivity index (χ1v) is 25.3. The summed E-state index contributed by atoms with van der Waals surface area (Å²) >= 11 is -2.14. The van der Waals surface area contributed by atoms with E-state index in [1.807, 2.05) is 68.6 Å². The molecule has 0 N–H and O–H groups in total. The van der Waals surface area contributed by atoms with Crippen LogP contribution >= 0.6 is 0 Å². The van der Waals surface area contributed by atoms with Crippen LogP contribution in [0.15, 0.2) is 126 Å². The van der Waals surface area contributed by atoms with Crippen molar-refractivity contribution in [3.8, 4) is 22.6 Å². The van der Waals surface area contributed by atoms with Crippen molar-refractivity contribution in [2.24, 2.45) is 0 Å². The molecule has 1 radical (unpaired) electrons. The van der Waals surface area contributed by atoms with Crippen molar-refractivity contribution < 1.29 is 34.4 Å². The number of halogens is 1. The second-order valence-corrected chi connectivity index (χ2v) is 25.3. The molecule has 277 valence electrons. The van der Waals surface area contributed by atoms with Crippen LogP contribution in [0, 0.1) is 24.9 Å². The monoisotopic (exact) mass is 967 g/mol. The predicted molar refractivity (Wildman–Crippen MR) is 222 cm³/mol. The van der Waals surface area contributed by atoms with Gasteiger partial charge in [0.2, 0.25) is 11.7 Å². The van der Waals surface area contributed by atoms with Gasteiger partial charge in [-0.2, -0.15) is 9.37 Å². The van der Waals surface area contributed by atoms with Gasteiger partial charge in [-0.05, 0) is 40.6 Å². The standard InChI is InChI=1S/C29H17FN3O.C18H24GeN.Ir/c30-26-14-13-22-21-11-6-12-23(27(21)34-29(22)32-26)28-31-24-15-19-9-4-5-10-20(19)16-25(24)33(28)17-18-7-2-1-3-8-18;1-13(2)16-11-18(15-9-7-14(3)8-10-15)20-12-17(16)19(4,5)6;/h1-11,13-16H,17H2;7-9,11-13H,1-6H3;/q2*-1;/i;3D3,13D;. The summed E-state index contributed by atoms with van der Waals surface area (Å²) in [7, 11) is 0. The minimum Gasteiger partial charge on any atom is 0 e. The van der Waals surface area contributed by atoms with Crippen LogP contribution < -0.4 is 4.40 Å². The zero-order chi connectivity index (χ0) is 41.0. The Morgan fingerprint density at radius 3 is 2.35 bits per heavy atom. The van der Waals surface area contributed by atoms with E-state index >= 15 is 0 Å². The van der Waals surface area contributed by atoms with Crippen LogP contribution in [0.2, 0.25) is 17.3 Å². The average molecular weight is 966 g/mol. The van der Waals surface area contributed by atoms with Gasteiger partial charge >= 0.3 is 131 Å². The minimum absolute atomic E-state index is 0. The summed E-state index contributed by atoms with van der Waals surface area (Å²) < 4.78 is 54.1. The van der Waals surface area contributed by atoms with E-state index in [1.165, 1.54) is 16.5 Å². The summed E-state index contributed by atoms with van der Waals surface area (Å²) in [5.74, 6) is 6.36. The van der Waals surface area contributed by atoms with Crippen molar-refractivity contribution in [1.29, 1.82) is 0 Å². The molecule has 5 aromatic carbocycles. The fourth-order valence-electron chi connectivity index (χ4n) is 6.89. The first kappa shape index (κ1) is 33.4. The number of pyridine rings is 2. The zero-order valence-electron chi connectivity index (χ0n) is 35.2. The van der Waals surface area contributed by atoms with Gasteiger partial charge < -0.3 is 8.98 Å². The molecule has 0 atom stereocenters. The predicted octanol–water partition coefficient (Wildman–Crippen LogP) is 11.7. The topological polar surface area (TPSA) is 56.7 Å². The Labute approximate surface area is 343 Å². The SMILES string of the molecule is Fc1ccc2c(n1)oc1c(-c3nc4cc5ccccc5cc4n3Cc3ccccc3)[c-]ccc12.[2H]C([2H])([2H])c1c[c-]c(-c2cc(C([2H])(C)C)[c]([Ge]([CH3])([CH3])[CH3])cn2)cc1.[Ir]. The van der Waals surface area contributed by atoms with Crippen LogP contribution in [-0.2, 0) is 26.7 Å². The first-order valence-electron chi connectivity index (χ1n) is 19.9. The Balaban J connectivity index is 0.000000188. The van der Waals surface area contributed by atoms with Crippen LogP contribution in [-0.4, -0.2) is 32.8 Å². The number of hydrogen-bond donors (Lipinski definition) is 0. The second-order valence-electron chi connectivity index (χ2n) is 14.7. The Bertz CT molecular complexity index is 2950. The smallest absolute Gasteiger partial charge is 0 e. The van der Waals surface area contributed by atoms with Crippen LogP contribution in [0.3, 0.4) is 0 Å². The fourth-order valence-corrected chi connectivity index (χ4v) is 10.2. The third-order valence-electron chi connectivity index (χ3n) is 9.63. The molecule has 55 heavy (non-hydrogen) atoms. The Morgan fingerprint density at radius 2 is 1.64 bits per heavy atom. The zero-order valence-corrected chi connectivity index (χ0v) is 35.7. The Kier molecular flexibility index (Phi) is 9.51. The quantitative estimate of drug-likeness (QED) is 0.0946. The van der Waals surface area contributed by atoms with E-state index in [0.717, 1.165) is 66.4 Å². The molecule has 4 heterocycles. The van der Waals surface area contributed by atoms with Crippen molar-refractivity contribution >= 4 is 61.5 Å². The van der Waals surface area contributed by atoms with Crippen LogP contribution in [0.4, 0.5) is 4.39 Å². The molecule has 0 aliphatic heterocycles. The van der Waals surface area contributed by atoms with Crippen LogP contribution in [0.25, 0.3) is 66.5 Å². The Hall–Kier alpha value is -4.95. The van der Waals surface area contributed by atoms with E-state index in [4.69, 9.17) is 14.9 Å². The maximum Gasteiger partial charge on any atom is 0 e. The van der Waals surface area contributed by atoms with E-state index in [-0.39, 0.29) is 31.4 Å². The summed E-state index contributed by atoms with van der Waals surface area (Å²) in [5, 5.41) is 3.92. The van der Waals surface area contributed by atoms with Crippen molar-refractivity contribution in [2.45, 2.75) is 50.4 Å². The van der Waals surface area contributed by atoms with Gasteiger partial charge in [0.15, 0.2) is 0 Å². The van der Waals surface area contributed by atoms with E-state index in [2.05, 4.69) is 80.3 Å². The molecule has 0 saturated heterocycles. The summed E-state index contributed by atoms with van der Waals surface area (Å²) in [4.78, 5) is 13.6. The summed E-state index contributed by atoms with van der Waals surface area (Å²) in [5.41, 5.74) is 7.46. The number of furan rings is 1. The van der Waals surface area contributed by atoms with E-state index < -0.39 is 32.0 Å². The molecule has 9 aromatic rings. The molecular weight excluding hydrogens is 920 g/mol. The normalized spacial score (nSPS) is 13.1. The molecule has 0 amide bonds. The van der Waals surface area contributed by atoms with Crippen molar-refractivity contribution in [3.63, 3.8) is 0 Å². The molecule has 4 aromatic heterocycles. The van der Waals surface area contributed by atoms with E-state index in [1.54, 1.807) is 18.2 Å². The van der Waals surface area contributed by atoms with Gasteiger partial charge in [0, 0.05) is 32.0 Å². The minimum atomic E-state index is -2.14. The number of benzene rings is 5. The van der Waals surface area contributed by atoms with Gasteiger partial charge in [0.1, 0.15) is 0 Å². The largest absolute Gasteiger partial charge is 0 e. The molecule has 0 unspecified atom stereocenters. The summed E-state index contributed by atoms with van der Waals surface area (Å²) in [6.07, 6.45) is 1.91. The molecule has 0 spiro atoms. The van der Waals surface area contributed by atoms with Gasteiger partial charge in [0.25, 0.3) is 0 Å². The molecular formula is C47H41FGeIrN4O-2. The molecule has 9 rings (SSSR count). The maximum atomic E-state index is 13.8.